The van der Waals surface area contributed by atoms with E-state index in [1.165, 1.54) is 7.11 Å². The number of hydrogen-bond acceptors (Lipinski definition) is 5. The first-order chi connectivity index (χ1) is 9.46. The lowest BCUT2D eigenvalue weighted by Gasteiger charge is -2.45. The summed E-state index contributed by atoms with van der Waals surface area (Å²) < 4.78 is 4.89. The Kier molecular flexibility index (Phi) is 5.04. The Hall–Kier alpha value is -0.650. The lowest BCUT2D eigenvalue weighted by Crippen LogP contribution is -2.59. The second-order valence-electron chi connectivity index (χ2n) is 6.56. The maximum absolute atomic E-state index is 11.9. The third kappa shape index (κ3) is 3.32. The summed E-state index contributed by atoms with van der Waals surface area (Å²) in [6.45, 7) is 8.89. The fourth-order valence-electron chi connectivity index (χ4n) is 3.60. The molecule has 2 unspecified atom stereocenters. The lowest BCUT2D eigenvalue weighted by atomic mass is 9.79. The average molecular weight is 283 g/mol. The molecule has 5 heteroatoms. The molecule has 0 aromatic carbocycles. The van der Waals surface area contributed by atoms with Crippen molar-refractivity contribution in [2.24, 2.45) is 5.73 Å². The molecule has 1 saturated carbocycles. The summed E-state index contributed by atoms with van der Waals surface area (Å²) in [6.07, 6.45) is 3.65. The van der Waals surface area contributed by atoms with E-state index in [4.69, 9.17) is 10.5 Å². The van der Waals surface area contributed by atoms with Crippen molar-refractivity contribution in [1.82, 2.24) is 9.80 Å². The molecule has 0 aromatic rings. The second kappa shape index (κ2) is 6.41. The molecule has 0 bridgehead atoms. The Bertz CT molecular complexity index is 340. The number of nitrogens with two attached hydrogens (primary N) is 1. The summed E-state index contributed by atoms with van der Waals surface area (Å²) >= 11 is 0. The monoisotopic (exact) mass is 283 g/mol. The summed E-state index contributed by atoms with van der Waals surface area (Å²) in [5.41, 5.74) is 5.50. The zero-order chi connectivity index (χ0) is 14.8. The van der Waals surface area contributed by atoms with Crippen LogP contribution in [0.3, 0.4) is 0 Å². The zero-order valence-electron chi connectivity index (χ0n) is 13.1. The quantitative estimate of drug-likeness (QED) is 0.777. The van der Waals surface area contributed by atoms with Gasteiger partial charge in [-0.2, -0.15) is 0 Å². The minimum Gasteiger partial charge on any atom is -0.468 e. The van der Waals surface area contributed by atoms with Crippen LogP contribution in [0.5, 0.6) is 0 Å². The van der Waals surface area contributed by atoms with Gasteiger partial charge in [0.15, 0.2) is 0 Å². The molecule has 2 rings (SSSR count). The molecule has 0 radical (unpaired) electrons. The summed E-state index contributed by atoms with van der Waals surface area (Å²) in [4.78, 5) is 16.9. The van der Waals surface area contributed by atoms with Gasteiger partial charge in [0.25, 0.3) is 0 Å². The van der Waals surface area contributed by atoms with Crippen LogP contribution in [-0.2, 0) is 9.53 Å². The van der Waals surface area contributed by atoms with Crippen LogP contribution in [0.2, 0.25) is 0 Å². The maximum atomic E-state index is 11.9. The van der Waals surface area contributed by atoms with Crippen molar-refractivity contribution in [3.8, 4) is 0 Å². The molecule has 1 saturated heterocycles. The van der Waals surface area contributed by atoms with Gasteiger partial charge in [0.1, 0.15) is 5.54 Å². The Morgan fingerprint density at radius 2 is 1.95 bits per heavy atom. The fourth-order valence-corrected chi connectivity index (χ4v) is 3.60. The Morgan fingerprint density at radius 1 is 1.30 bits per heavy atom. The van der Waals surface area contributed by atoms with E-state index in [9.17, 15) is 4.79 Å². The van der Waals surface area contributed by atoms with E-state index in [0.29, 0.717) is 12.1 Å². The highest BCUT2D eigenvalue weighted by atomic mass is 16.5. The summed E-state index contributed by atoms with van der Waals surface area (Å²) in [7, 11) is 1.43. The summed E-state index contributed by atoms with van der Waals surface area (Å²) in [5, 5.41) is 0. The Balaban J connectivity index is 1.92. The smallest absolute Gasteiger partial charge is 0.325 e. The number of rotatable bonds is 3. The van der Waals surface area contributed by atoms with E-state index < -0.39 is 5.54 Å². The first kappa shape index (κ1) is 15.7. The molecule has 20 heavy (non-hydrogen) atoms. The number of ether oxygens (including phenoxy) is 1. The van der Waals surface area contributed by atoms with Gasteiger partial charge in [0, 0.05) is 38.3 Å². The van der Waals surface area contributed by atoms with Gasteiger partial charge in [-0.25, -0.2) is 0 Å². The minimum absolute atomic E-state index is 0.247. The van der Waals surface area contributed by atoms with E-state index in [1.807, 2.05) is 0 Å². The standard InChI is InChI=1S/C15H29N3O2/c1-12(2)17-7-9-18(10-8-17)13-5-4-6-15(16,11-13)14(19)20-3/h12-13H,4-11,16H2,1-3H3. The van der Waals surface area contributed by atoms with Gasteiger partial charge in [-0.3, -0.25) is 14.6 Å². The van der Waals surface area contributed by atoms with Crippen molar-refractivity contribution in [3.63, 3.8) is 0 Å². The van der Waals surface area contributed by atoms with E-state index in [2.05, 4.69) is 23.6 Å². The van der Waals surface area contributed by atoms with Crippen LogP contribution in [0.15, 0.2) is 0 Å². The van der Waals surface area contributed by atoms with Gasteiger partial charge in [0.05, 0.1) is 7.11 Å². The third-order valence-electron chi connectivity index (χ3n) is 4.95. The molecule has 2 N–H and O–H groups in total. The fraction of sp³-hybridized carbons (Fsp3) is 0.933. The Labute approximate surface area is 122 Å². The number of hydrogen-bond donors (Lipinski definition) is 1. The second-order valence-corrected chi connectivity index (χ2v) is 6.56. The molecule has 116 valence electrons. The van der Waals surface area contributed by atoms with Crippen LogP contribution in [0.4, 0.5) is 0 Å². The molecular weight excluding hydrogens is 254 g/mol. The molecule has 2 fully saturated rings. The van der Waals surface area contributed by atoms with Crippen molar-refractivity contribution in [3.05, 3.63) is 0 Å². The molecule has 1 aliphatic heterocycles. The van der Waals surface area contributed by atoms with Crippen LogP contribution >= 0.6 is 0 Å². The first-order valence-corrected chi connectivity index (χ1v) is 7.81. The first-order valence-electron chi connectivity index (χ1n) is 7.81. The predicted octanol–water partition coefficient (Wildman–Crippen LogP) is 0.826. The van der Waals surface area contributed by atoms with Gasteiger partial charge in [0.2, 0.25) is 0 Å². The van der Waals surface area contributed by atoms with Crippen molar-refractivity contribution >= 4 is 5.97 Å². The molecule has 2 aliphatic rings. The van der Waals surface area contributed by atoms with Gasteiger partial charge in [-0.05, 0) is 39.5 Å². The SMILES string of the molecule is COC(=O)C1(N)CCCC(N2CCN(C(C)C)CC2)C1. The number of carbonyl (C=O) groups is 1. The van der Waals surface area contributed by atoms with Crippen molar-refractivity contribution < 1.29 is 9.53 Å². The maximum Gasteiger partial charge on any atom is 0.325 e. The van der Waals surface area contributed by atoms with E-state index in [0.717, 1.165) is 51.9 Å². The van der Waals surface area contributed by atoms with Crippen LogP contribution in [0.25, 0.3) is 0 Å². The average Bonchev–Trinajstić information content (AvgIpc) is 2.46. The molecule has 0 aromatic heterocycles. The topological polar surface area (TPSA) is 58.8 Å². The highest BCUT2D eigenvalue weighted by Gasteiger charge is 2.42. The van der Waals surface area contributed by atoms with Gasteiger partial charge < -0.3 is 10.5 Å². The molecule has 5 nitrogen and oxygen atoms in total. The normalized spacial score (nSPS) is 33.4. The van der Waals surface area contributed by atoms with Gasteiger partial charge >= 0.3 is 5.97 Å². The van der Waals surface area contributed by atoms with E-state index >= 15 is 0 Å². The minimum atomic E-state index is -0.771. The highest BCUT2D eigenvalue weighted by Crippen LogP contribution is 2.31. The molecule has 0 spiro atoms. The molecular formula is C15H29N3O2. The van der Waals surface area contributed by atoms with E-state index in [-0.39, 0.29) is 5.97 Å². The number of piperazine rings is 1. The number of esters is 1. The predicted molar refractivity (Wildman–Crippen MR) is 79.5 cm³/mol. The number of nitrogens with zero attached hydrogens (tertiary/aromatic N) is 2. The lowest BCUT2D eigenvalue weighted by molar-refractivity contribution is -0.149. The largest absolute Gasteiger partial charge is 0.468 e. The number of methoxy groups -OCH3 is 1. The van der Waals surface area contributed by atoms with Gasteiger partial charge in [-0.1, -0.05) is 0 Å². The van der Waals surface area contributed by atoms with Crippen molar-refractivity contribution in [1.29, 1.82) is 0 Å². The Morgan fingerprint density at radius 3 is 2.50 bits per heavy atom. The van der Waals surface area contributed by atoms with Crippen molar-refractivity contribution in [2.75, 3.05) is 33.3 Å². The highest BCUT2D eigenvalue weighted by molar-refractivity contribution is 5.80. The molecule has 1 heterocycles. The summed E-state index contributed by atoms with van der Waals surface area (Å²) in [6, 6.07) is 1.05. The zero-order valence-corrected chi connectivity index (χ0v) is 13.1. The van der Waals surface area contributed by atoms with E-state index in [1.54, 1.807) is 0 Å². The molecule has 0 amide bonds. The molecule has 1 aliphatic carbocycles. The third-order valence-corrected chi connectivity index (χ3v) is 4.95. The molecule has 2 atom stereocenters. The van der Waals surface area contributed by atoms with Crippen molar-refractivity contribution in [2.45, 2.75) is 57.2 Å². The number of carbonyl (C=O) groups excluding carboxylic acids is 1. The van der Waals surface area contributed by atoms with Crippen LogP contribution in [0.1, 0.15) is 39.5 Å². The summed E-state index contributed by atoms with van der Waals surface area (Å²) in [5.74, 6) is -0.247. The van der Waals surface area contributed by atoms with Crippen LogP contribution in [-0.4, -0.2) is 66.7 Å². The van der Waals surface area contributed by atoms with Crippen LogP contribution < -0.4 is 5.73 Å². The van der Waals surface area contributed by atoms with Gasteiger partial charge in [-0.15, -0.1) is 0 Å². The van der Waals surface area contributed by atoms with Crippen LogP contribution in [0, 0.1) is 0 Å².